The zero-order valence-electron chi connectivity index (χ0n) is 13.5. The molecule has 0 bridgehead atoms. The zero-order valence-corrected chi connectivity index (χ0v) is 14.3. The molecule has 2 rings (SSSR count). The maximum absolute atomic E-state index is 11.0. The average Bonchev–Trinajstić information content (AvgIpc) is 2.59. The molecule has 0 amide bonds. The lowest BCUT2D eigenvalue weighted by Gasteiger charge is -2.16. The summed E-state index contributed by atoms with van der Waals surface area (Å²) in [4.78, 5) is 11.0. The lowest BCUT2D eigenvalue weighted by molar-refractivity contribution is -0.134. The van der Waals surface area contributed by atoms with Gasteiger partial charge in [-0.2, -0.15) is 0 Å². The van der Waals surface area contributed by atoms with E-state index >= 15 is 0 Å². The summed E-state index contributed by atoms with van der Waals surface area (Å²) in [6, 6.07) is 11.5. The maximum atomic E-state index is 11.0. The third-order valence-electron chi connectivity index (χ3n) is 3.49. The second-order valence-corrected chi connectivity index (χ2v) is 5.15. The highest BCUT2D eigenvalue weighted by Crippen LogP contribution is 2.29. The van der Waals surface area contributed by atoms with Gasteiger partial charge in [-0.05, 0) is 29.3 Å². The van der Waals surface area contributed by atoms with Crippen molar-refractivity contribution in [1.29, 1.82) is 0 Å². The van der Waals surface area contributed by atoms with Crippen LogP contribution in [0, 0.1) is 0 Å². The number of fused-ring (bicyclic) bond motifs is 1. The minimum absolute atomic E-state index is 0. The molecule has 0 saturated heterocycles. The number of carbonyl (C=O) groups is 1. The number of hydrogen-bond acceptors (Lipinski definition) is 5. The quantitative estimate of drug-likeness (QED) is 0.590. The number of esters is 1. The summed E-state index contributed by atoms with van der Waals surface area (Å²) in [5, 5.41) is 11.4. The van der Waals surface area contributed by atoms with Gasteiger partial charge in [0, 0.05) is 17.7 Å². The summed E-state index contributed by atoms with van der Waals surface area (Å²) >= 11 is 0. The van der Waals surface area contributed by atoms with E-state index < -0.39 is 5.97 Å². The Labute approximate surface area is 147 Å². The summed E-state index contributed by atoms with van der Waals surface area (Å²) < 4.78 is 10.3. The number of aliphatic hydroxyl groups is 1. The van der Waals surface area contributed by atoms with Crippen LogP contribution in [0.15, 0.2) is 48.6 Å². The van der Waals surface area contributed by atoms with Gasteiger partial charge in [-0.25, -0.2) is 4.79 Å². The molecule has 6 heteroatoms. The fraction of sp³-hybridized carbons (Fsp3) is 0.278. The highest BCUT2D eigenvalue weighted by atomic mass is 35.5. The van der Waals surface area contributed by atoms with E-state index in [0.717, 1.165) is 16.3 Å². The van der Waals surface area contributed by atoms with E-state index in [1.807, 2.05) is 36.4 Å². The van der Waals surface area contributed by atoms with Gasteiger partial charge in [0.15, 0.2) is 0 Å². The third kappa shape index (κ3) is 5.23. The summed E-state index contributed by atoms with van der Waals surface area (Å²) in [6.07, 6.45) is 3.42. The number of carbonyl (C=O) groups excluding carboxylic acids is 1. The fourth-order valence-corrected chi connectivity index (χ4v) is 2.34. The number of methoxy groups -OCH3 is 1. The molecule has 0 fully saturated rings. The first kappa shape index (κ1) is 20.0. The minimum atomic E-state index is -0.422. The van der Waals surface area contributed by atoms with E-state index in [1.165, 1.54) is 13.2 Å². The second-order valence-electron chi connectivity index (χ2n) is 5.15. The predicted molar refractivity (Wildman–Crippen MR) is 96.6 cm³/mol. The summed E-state index contributed by atoms with van der Waals surface area (Å²) in [5.74, 6) is 0.275. The van der Waals surface area contributed by atoms with E-state index in [4.69, 9.17) is 10.5 Å². The number of benzene rings is 2. The molecule has 2 aromatic carbocycles. The zero-order chi connectivity index (χ0) is 16.7. The molecule has 130 valence electrons. The van der Waals surface area contributed by atoms with Gasteiger partial charge in [-0.15, -0.1) is 12.4 Å². The van der Waals surface area contributed by atoms with E-state index in [0.29, 0.717) is 12.2 Å². The van der Waals surface area contributed by atoms with Gasteiger partial charge >= 0.3 is 5.97 Å². The molecule has 2 aromatic rings. The number of nitrogens with two attached hydrogens (primary N) is 1. The van der Waals surface area contributed by atoms with Crippen LogP contribution in [0.5, 0.6) is 5.75 Å². The highest BCUT2D eigenvalue weighted by molar-refractivity contribution is 5.88. The van der Waals surface area contributed by atoms with Gasteiger partial charge in [0.1, 0.15) is 12.4 Å². The Bertz CT molecular complexity index is 702. The predicted octanol–water partition coefficient (Wildman–Crippen LogP) is 2.23. The van der Waals surface area contributed by atoms with Crippen LogP contribution >= 0.6 is 12.4 Å². The molecule has 0 spiro atoms. The Morgan fingerprint density at radius 2 is 2.04 bits per heavy atom. The Hall–Kier alpha value is -2.08. The number of rotatable bonds is 7. The van der Waals surface area contributed by atoms with Gasteiger partial charge in [0.05, 0.1) is 13.7 Å². The fourth-order valence-electron chi connectivity index (χ4n) is 2.34. The van der Waals surface area contributed by atoms with E-state index in [-0.39, 0.29) is 31.7 Å². The highest BCUT2D eigenvalue weighted by Gasteiger charge is 2.12. The van der Waals surface area contributed by atoms with Crippen molar-refractivity contribution < 1.29 is 19.4 Å². The van der Waals surface area contributed by atoms with Crippen LogP contribution in [0.4, 0.5) is 0 Å². The first-order valence-electron chi connectivity index (χ1n) is 7.40. The lowest BCUT2D eigenvalue weighted by atomic mass is 9.98. The summed E-state index contributed by atoms with van der Waals surface area (Å²) in [5.41, 5.74) is 6.85. The molecule has 0 heterocycles. The van der Waals surface area contributed by atoms with Crippen LogP contribution < -0.4 is 10.5 Å². The van der Waals surface area contributed by atoms with Gasteiger partial charge in [0.25, 0.3) is 0 Å². The normalized spacial score (nSPS) is 12.0. The molecule has 0 radical (unpaired) electrons. The second kappa shape index (κ2) is 9.93. The minimum Gasteiger partial charge on any atom is -0.489 e. The number of aliphatic hydroxyl groups excluding tert-OH is 1. The van der Waals surface area contributed by atoms with Gasteiger partial charge in [-0.1, -0.05) is 30.3 Å². The van der Waals surface area contributed by atoms with Crippen LogP contribution in [0.1, 0.15) is 5.56 Å². The molecule has 1 unspecified atom stereocenters. The Morgan fingerprint density at radius 1 is 1.29 bits per heavy atom. The number of halogens is 1. The van der Waals surface area contributed by atoms with Crippen LogP contribution in [0.3, 0.4) is 0 Å². The SMILES string of the molecule is COC(=O)/C=C/COc1ccc2ccccc2c1CC(N)CO.Cl. The molecule has 3 N–H and O–H groups in total. The van der Waals surface area contributed by atoms with Crippen molar-refractivity contribution in [3.63, 3.8) is 0 Å². The van der Waals surface area contributed by atoms with Crippen molar-refractivity contribution in [2.45, 2.75) is 12.5 Å². The Morgan fingerprint density at radius 3 is 2.75 bits per heavy atom. The van der Waals surface area contributed by atoms with Crippen LogP contribution in [0.2, 0.25) is 0 Å². The molecule has 0 aliphatic heterocycles. The molecular weight excluding hydrogens is 330 g/mol. The number of ether oxygens (including phenoxy) is 2. The van der Waals surface area contributed by atoms with Gasteiger partial charge in [-0.3, -0.25) is 0 Å². The third-order valence-corrected chi connectivity index (χ3v) is 3.49. The lowest BCUT2D eigenvalue weighted by Crippen LogP contribution is -2.27. The largest absolute Gasteiger partial charge is 0.489 e. The molecule has 1 atom stereocenters. The van der Waals surface area contributed by atoms with Crippen molar-refractivity contribution in [2.75, 3.05) is 20.3 Å². The topological polar surface area (TPSA) is 81.8 Å². The van der Waals surface area contributed by atoms with Crippen molar-refractivity contribution in [3.05, 3.63) is 54.1 Å². The number of hydrogen-bond donors (Lipinski definition) is 2. The van der Waals surface area contributed by atoms with E-state index in [9.17, 15) is 9.90 Å². The molecule has 24 heavy (non-hydrogen) atoms. The van der Waals surface area contributed by atoms with Crippen LogP contribution in [-0.4, -0.2) is 37.4 Å². The van der Waals surface area contributed by atoms with Gasteiger partial charge < -0.3 is 20.3 Å². The smallest absolute Gasteiger partial charge is 0.330 e. The Balaban J connectivity index is 0.00000288. The molecule has 5 nitrogen and oxygen atoms in total. The summed E-state index contributed by atoms with van der Waals surface area (Å²) in [6.45, 7) is 0.152. The standard InChI is InChI=1S/C18H21NO4.ClH/c1-22-18(21)7-4-10-23-17-9-8-13-5-2-3-6-15(13)16(17)11-14(19)12-20;/h2-9,14,20H,10-12,19H2,1H3;1H/b7-4+;. The van der Waals surface area contributed by atoms with Crippen molar-refractivity contribution >= 4 is 29.1 Å². The van der Waals surface area contributed by atoms with Crippen molar-refractivity contribution in [2.24, 2.45) is 5.73 Å². The average molecular weight is 352 g/mol. The van der Waals surface area contributed by atoms with E-state index in [2.05, 4.69) is 4.74 Å². The first-order chi connectivity index (χ1) is 11.2. The van der Waals surface area contributed by atoms with Crippen LogP contribution in [-0.2, 0) is 16.0 Å². The monoisotopic (exact) mass is 351 g/mol. The van der Waals surface area contributed by atoms with Crippen LogP contribution in [0.25, 0.3) is 10.8 Å². The maximum Gasteiger partial charge on any atom is 0.330 e. The Kier molecular flexibility index (Phi) is 8.26. The van der Waals surface area contributed by atoms with Crippen molar-refractivity contribution in [3.8, 4) is 5.75 Å². The molecule has 0 aromatic heterocycles. The molecule has 0 aliphatic rings. The molecule has 0 saturated carbocycles. The van der Waals surface area contributed by atoms with Crippen molar-refractivity contribution in [1.82, 2.24) is 0 Å². The van der Waals surface area contributed by atoms with E-state index in [1.54, 1.807) is 6.08 Å². The summed E-state index contributed by atoms with van der Waals surface area (Å²) in [7, 11) is 1.32. The first-order valence-corrected chi connectivity index (χ1v) is 7.40. The van der Waals surface area contributed by atoms with Gasteiger partial charge in [0.2, 0.25) is 0 Å². The molecular formula is C18H22ClNO4. The molecule has 0 aliphatic carbocycles.